The summed E-state index contributed by atoms with van der Waals surface area (Å²) in [6.07, 6.45) is 1.72. The molecular formula is C25H23FN3NaO6. The zero-order chi connectivity index (χ0) is 24.5. The van der Waals surface area contributed by atoms with E-state index in [9.17, 15) is 14.3 Å². The third-order valence-electron chi connectivity index (χ3n) is 5.92. The topological polar surface area (TPSA) is 107 Å². The summed E-state index contributed by atoms with van der Waals surface area (Å²) in [6, 6.07) is 10.3. The van der Waals surface area contributed by atoms with Crippen molar-refractivity contribution in [2.24, 2.45) is 0 Å². The van der Waals surface area contributed by atoms with Gasteiger partial charge in [-0.2, -0.15) is 4.98 Å². The molecule has 3 heterocycles. The number of carboxylic acids is 1. The van der Waals surface area contributed by atoms with Gasteiger partial charge in [0.2, 0.25) is 0 Å². The van der Waals surface area contributed by atoms with E-state index in [1.54, 1.807) is 36.4 Å². The van der Waals surface area contributed by atoms with Gasteiger partial charge in [0.05, 0.1) is 26.1 Å². The molecule has 1 aliphatic heterocycles. The molecule has 36 heavy (non-hydrogen) atoms. The van der Waals surface area contributed by atoms with Gasteiger partial charge >= 0.3 is 35.5 Å². The van der Waals surface area contributed by atoms with Gasteiger partial charge in [-0.05, 0) is 35.9 Å². The summed E-state index contributed by atoms with van der Waals surface area (Å²) in [5.41, 5.74) is 2.94. The van der Waals surface area contributed by atoms with Crippen molar-refractivity contribution in [2.75, 3.05) is 19.1 Å². The van der Waals surface area contributed by atoms with Gasteiger partial charge in [0.1, 0.15) is 29.7 Å². The molecular weight excluding hydrogens is 480 g/mol. The van der Waals surface area contributed by atoms with E-state index >= 15 is 0 Å². The zero-order valence-electron chi connectivity index (χ0n) is 19.0. The normalized spacial score (nSPS) is 14.6. The first kappa shape index (κ1) is 25.7. The summed E-state index contributed by atoms with van der Waals surface area (Å²) < 4.78 is 36.1. The minimum atomic E-state index is -1.05. The summed E-state index contributed by atoms with van der Waals surface area (Å²) in [6.45, 7) is 0.373. The number of hydrogen-bond donors (Lipinski definition) is 1. The van der Waals surface area contributed by atoms with E-state index in [2.05, 4.69) is 9.97 Å². The van der Waals surface area contributed by atoms with Crippen LogP contribution in [0.2, 0.25) is 0 Å². The van der Waals surface area contributed by atoms with Crippen LogP contribution in [0.4, 0.5) is 10.4 Å². The molecule has 0 fully saturated rings. The van der Waals surface area contributed by atoms with Crippen molar-refractivity contribution < 1.29 is 32.9 Å². The van der Waals surface area contributed by atoms with E-state index in [1.807, 2.05) is 6.07 Å². The maximum absolute atomic E-state index is 13.6. The number of oxazole rings is 1. The second-order valence-electron chi connectivity index (χ2n) is 8.01. The van der Waals surface area contributed by atoms with Crippen LogP contribution < -0.4 is 19.1 Å². The molecule has 0 amide bonds. The molecule has 2 aromatic carbocycles. The standard InChI is InChI=1S/C25H22FN3O6.Na.H/c1-32-17-6-5-16(27-11-17)13-34-23-18-10-20(24(30)31)29(12-14(18)3-8-21(23)33-2)25-28-19-7-4-15(26)9-22(19)35-25;;/h3-9,11,20H,10,12-13H2,1-2H3,(H,30,31);;. The number of aliphatic carboxylic acids is 1. The molecule has 182 valence electrons. The minimum absolute atomic E-state index is 0. The van der Waals surface area contributed by atoms with Crippen LogP contribution in [0.5, 0.6) is 17.2 Å². The third-order valence-corrected chi connectivity index (χ3v) is 5.92. The molecule has 5 rings (SSSR count). The molecule has 1 N–H and O–H groups in total. The third kappa shape index (κ3) is 4.97. The number of anilines is 1. The molecule has 0 aliphatic carbocycles. The Morgan fingerprint density at radius 3 is 2.72 bits per heavy atom. The van der Waals surface area contributed by atoms with Crippen molar-refractivity contribution in [3.8, 4) is 17.2 Å². The van der Waals surface area contributed by atoms with Crippen LogP contribution in [-0.4, -0.2) is 70.9 Å². The number of hydrogen-bond acceptors (Lipinski definition) is 8. The molecule has 0 saturated carbocycles. The molecule has 0 radical (unpaired) electrons. The predicted molar refractivity (Wildman–Crippen MR) is 131 cm³/mol. The number of ether oxygens (including phenoxy) is 3. The maximum atomic E-state index is 13.6. The van der Waals surface area contributed by atoms with Gasteiger partial charge in [-0.25, -0.2) is 9.18 Å². The average Bonchev–Trinajstić information content (AvgIpc) is 3.29. The average molecular weight is 503 g/mol. The number of carboxylic acid groups (broad SMARTS) is 1. The van der Waals surface area contributed by atoms with E-state index < -0.39 is 17.8 Å². The molecule has 4 aromatic rings. The molecule has 1 atom stereocenters. The van der Waals surface area contributed by atoms with Crippen molar-refractivity contribution in [3.05, 3.63) is 71.3 Å². The van der Waals surface area contributed by atoms with Gasteiger partial charge in [0.25, 0.3) is 6.01 Å². The number of halogens is 1. The van der Waals surface area contributed by atoms with Gasteiger partial charge in [0.15, 0.2) is 17.1 Å². The van der Waals surface area contributed by atoms with Crippen molar-refractivity contribution in [1.29, 1.82) is 0 Å². The molecule has 0 saturated heterocycles. The second-order valence-corrected chi connectivity index (χ2v) is 8.01. The molecule has 0 spiro atoms. The Morgan fingerprint density at radius 2 is 2.03 bits per heavy atom. The fourth-order valence-corrected chi connectivity index (χ4v) is 4.13. The summed E-state index contributed by atoms with van der Waals surface area (Å²) in [5.74, 6) is 0.0870. The first-order valence-corrected chi connectivity index (χ1v) is 10.8. The van der Waals surface area contributed by atoms with Crippen molar-refractivity contribution >= 4 is 52.6 Å². The van der Waals surface area contributed by atoms with E-state index in [-0.39, 0.29) is 60.7 Å². The summed E-state index contributed by atoms with van der Waals surface area (Å²) in [7, 11) is 3.09. The Bertz CT molecular complexity index is 1390. The Balaban J connectivity index is 0.00000304. The van der Waals surface area contributed by atoms with Gasteiger partial charge in [-0.15, -0.1) is 0 Å². The molecule has 0 bridgehead atoms. The van der Waals surface area contributed by atoms with Crippen LogP contribution in [0.1, 0.15) is 16.8 Å². The summed E-state index contributed by atoms with van der Waals surface area (Å²) >= 11 is 0. The van der Waals surface area contributed by atoms with Crippen molar-refractivity contribution in [3.63, 3.8) is 0 Å². The van der Waals surface area contributed by atoms with Crippen molar-refractivity contribution in [2.45, 2.75) is 25.6 Å². The fraction of sp³-hybridized carbons (Fsp3) is 0.240. The van der Waals surface area contributed by atoms with E-state index in [0.717, 1.165) is 11.1 Å². The number of pyridine rings is 1. The summed E-state index contributed by atoms with van der Waals surface area (Å²) in [4.78, 5) is 22.5. The quantitative estimate of drug-likeness (QED) is 0.380. The van der Waals surface area contributed by atoms with Crippen LogP contribution >= 0.6 is 0 Å². The first-order valence-electron chi connectivity index (χ1n) is 10.8. The first-order chi connectivity index (χ1) is 17.0. The van der Waals surface area contributed by atoms with Crippen LogP contribution in [-0.2, 0) is 24.4 Å². The Kier molecular flexibility index (Phi) is 7.67. The van der Waals surface area contributed by atoms with Gasteiger partial charge in [-0.3, -0.25) is 4.98 Å². The Hall–Kier alpha value is -3.34. The number of rotatable bonds is 7. The van der Waals surface area contributed by atoms with Crippen LogP contribution in [0, 0.1) is 5.82 Å². The SMILES string of the molecule is COc1ccc(COc2c(OC)ccc3c2CC(C(=O)O)N(c2nc4ccc(F)cc4o2)C3)nc1.[NaH]. The van der Waals surface area contributed by atoms with Crippen LogP contribution in [0.25, 0.3) is 11.1 Å². The Morgan fingerprint density at radius 1 is 1.19 bits per heavy atom. The Labute approximate surface area is 228 Å². The molecule has 11 heteroatoms. The molecule has 1 unspecified atom stereocenters. The number of aromatic nitrogens is 2. The number of benzene rings is 2. The second kappa shape index (κ2) is 10.7. The van der Waals surface area contributed by atoms with E-state index in [1.165, 1.54) is 25.3 Å². The number of fused-ring (bicyclic) bond motifs is 2. The monoisotopic (exact) mass is 503 g/mol. The predicted octanol–water partition coefficient (Wildman–Crippen LogP) is 3.33. The van der Waals surface area contributed by atoms with Gasteiger partial charge in [0, 0.05) is 24.6 Å². The van der Waals surface area contributed by atoms with Crippen LogP contribution in [0.3, 0.4) is 0 Å². The zero-order valence-corrected chi connectivity index (χ0v) is 19.0. The van der Waals surface area contributed by atoms with Crippen LogP contribution in [0.15, 0.2) is 53.1 Å². The molecule has 1 aliphatic rings. The van der Waals surface area contributed by atoms with Crippen molar-refractivity contribution in [1.82, 2.24) is 9.97 Å². The summed E-state index contributed by atoms with van der Waals surface area (Å²) in [5, 5.41) is 10.0. The fourth-order valence-electron chi connectivity index (χ4n) is 4.13. The molecule has 9 nitrogen and oxygen atoms in total. The number of nitrogens with zero attached hydrogens (tertiary/aromatic N) is 3. The van der Waals surface area contributed by atoms with E-state index in [4.69, 9.17) is 18.6 Å². The van der Waals surface area contributed by atoms with E-state index in [0.29, 0.717) is 28.5 Å². The molecule has 2 aromatic heterocycles. The number of methoxy groups -OCH3 is 2. The number of carbonyl (C=O) groups is 1. The van der Waals surface area contributed by atoms with Gasteiger partial charge < -0.3 is 28.6 Å². The van der Waals surface area contributed by atoms with Gasteiger partial charge in [-0.1, -0.05) is 6.07 Å².